The van der Waals surface area contributed by atoms with Gasteiger partial charge in [0.2, 0.25) is 17.7 Å². The van der Waals surface area contributed by atoms with Gasteiger partial charge in [-0.2, -0.15) is 0 Å². The first-order valence-corrected chi connectivity index (χ1v) is 13.7. The van der Waals surface area contributed by atoms with E-state index < -0.39 is 5.41 Å². The van der Waals surface area contributed by atoms with Crippen LogP contribution >= 0.6 is 0 Å². The van der Waals surface area contributed by atoms with Gasteiger partial charge >= 0.3 is 0 Å². The normalized spacial score (nSPS) is 14.2. The fourth-order valence-electron chi connectivity index (χ4n) is 4.82. The lowest BCUT2D eigenvalue weighted by molar-refractivity contribution is -0.132. The summed E-state index contributed by atoms with van der Waals surface area (Å²) in [6.45, 7) is 16.7. The summed E-state index contributed by atoms with van der Waals surface area (Å²) < 4.78 is 0. The molecule has 0 bridgehead atoms. The van der Waals surface area contributed by atoms with Gasteiger partial charge in [-0.3, -0.25) is 14.4 Å². The Hall–Kier alpha value is -2.32. The molecule has 3 amide bonds. The summed E-state index contributed by atoms with van der Waals surface area (Å²) in [4.78, 5) is 40.0. The van der Waals surface area contributed by atoms with Crippen molar-refractivity contribution in [1.82, 2.24) is 16.0 Å². The van der Waals surface area contributed by atoms with Crippen molar-refractivity contribution >= 4 is 17.7 Å². The van der Waals surface area contributed by atoms with Crippen LogP contribution in [0, 0.1) is 22.2 Å². The molecule has 0 aliphatic heterocycles. The van der Waals surface area contributed by atoms with Crippen molar-refractivity contribution in [3.63, 3.8) is 0 Å². The lowest BCUT2D eigenvalue weighted by atomic mass is 9.71. The molecule has 0 spiro atoms. The first kappa shape index (κ1) is 34.7. The van der Waals surface area contributed by atoms with E-state index in [1.807, 2.05) is 6.92 Å². The van der Waals surface area contributed by atoms with Crippen LogP contribution in [0.1, 0.15) is 99.8 Å². The molecular weight excluding hydrogens is 470 g/mol. The summed E-state index contributed by atoms with van der Waals surface area (Å²) >= 11 is 0. The van der Waals surface area contributed by atoms with Gasteiger partial charge in [0.05, 0.1) is 0 Å². The van der Waals surface area contributed by atoms with Gasteiger partial charge < -0.3 is 21.7 Å². The Bertz CT molecular complexity index is 752. The maximum absolute atomic E-state index is 13.1. The molecule has 0 rings (SSSR count). The predicted octanol–water partition coefficient (Wildman–Crippen LogP) is 4.44. The Balaban J connectivity index is 4.81. The number of nitrogens with one attached hydrogen (secondary N) is 3. The van der Waals surface area contributed by atoms with Gasteiger partial charge in [0.1, 0.15) is 6.54 Å². The zero-order chi connectivity index (χ0) is 28.5. The van der Waals surface area contributed by atoms with Crippen molar-refractivity contribution in [3.05, 3.63) is 10.4 Å². The van der Waals surface area contributed by atoms with Crippen molar-refractivity contribution in [3.8, 4) is 0 Å². The second kappa shape index (κ2) is 17.2. The number of azide groups is 1. The largest absolute Gasteiger partial charge is 0.356 e. The fourth-order valence-corrected chi connectivity index (χ4v) is 4.82. The molecular formula is C27H53N7O3. The van der Waals surface area contributed by atoms with Gasteiger partial charge in [-0.15, -0.1) is 0 Å². The standard InChI is InChI=1S/C27H53N7O3/c1-25(2,3)18-21(23(36)31-16-10-8-9-15-30-22(35)19-33-34-29)12-11-13-27(7,20-26(4,5)6)24(37)32-17-14-28/h21H,8-20,28H2,1-7H3,(H,30,35)(H,31,36)(H,32,37). The van der Waals surface area contributed by atoms with Crippen molar-refractivity contribution in [1.29, 1.82) is 0 Å². The summed E-state index contributed by atoms with van der Waals surface area (Å²) in [6.07, 6.45) is 6.29. The number of hydrogen-bond donors (Lipinski definition) is 4. The van der Waals surface area contributed by atoms with Crippen molar-refractivity contribution < 1.29 is 14.4 Å². The number of carbonyl (C=O) groups excluding carboxylic acids is 3. The molecule has 0 saturated heterocycles. The molecule has 0 aliphatic rings. The Morgan fingerprint density at radius 2 is 1.49 bits per heavy atom. The molecule has 2 unspecified atom stereocenters. The van der Waals surface area contributed by atoms with E-state index in [-0.39, 0.29) is 41.0 Å². The Morgan fingerprint density at radius 3 is 2.03 bits per heavy atom. The summed E-state index contributed by atoms with van der Waals surface area (Å²) in [7, 11) is 0. The summed E-state index contributed by atoms with van der Waals surface area (Å²) in [5.74, 6) is -0.279. The fraction of sp³-hybridized carbons (Fsp3) is 0.889. The van der Waals surface area contributed by atoms with Gasteiger partial charge in [-0.25, -0.2) is 0 Å². The van der Waals surface area contributed by atoms with Gasteiger partial charge in [-0.05, 0) is 61.3 Å². The van der Waals surface area contributed by atoms with Crippen LogP contribution in [0.25, 0.3) is 10.4 Å². The van der Waals surface area contributed by atoms with E-state index in [0.29, 0.717) is 26.2 Å². The van der Waals surface area contributed by atoms with Crippen LogP contribution in [0.15, 0.2) is 5.11 Å². The average molecular weight is 524 g/mol. The monoisotopic (exact) mass is 523 g/mol. The maximum atomic E-state index is 13.1. The first-order chi connectivity index (χ1) is 17.1. The zero-order valence-corrected chi connectivity index (χ0v) is 24.4. The molecule has 37 heavy (non-hydrogen) atoms. The molecule has 0 aromatic rings. The Morgan fingerprint density at radius 1 is 0.865 bits per heavy atom. The molecule has 0 radical (unpaired) electrons. The van der Waals surface area contributed by atoms with E-state index in [0.717, 1.165) is 51.4 Å². The number of nitrogens with zero attached hydrogens (tertiary/aromatic N) is 3. The molecule has 10 heteroatoms. The van der Waals surface area contributed by atoms with Gasteiger partial charge in [0, 0.05) is 42.4 Å². The van der Waals surface area contributed by atoms with Crippen LogP contribution in [0.3, 0.4) is 0 Å². The van der Waals surface area contributed by atoms with Crippen molar-refractivity contribution in [2.75, 3.05) is 32.7 Å². The van der Waals surface area contributed by atoms with Crippen LogP contribution in [-0.4, -0.2) is 50.4 Å². The molecule has 0 aromatic carbocycles. The van der Waals surface area contributed by atoms with Crippen LogP contribution in [-0.2, 0) is 14.4 Å². The van der Waals surface area contributed by atoms with Crippen molar-refractivity contribution in [2.24, 2.45) is 33.0 Å². The Labute approximate surface area is 224 Å². The number of amides is 3. The van der Waals surface area contributed by atoms with E-state index in [2.05, 4.69) is 67.5 Å². The molecule has 0 fully saturated rings. The lowest BCUT2D eigenvalue weighted by Crippen LogP contribution is -2.43. The van der Waals surface area contributed by atoms with Crippen LogP contribution in [0.4, 0.5) is 0 Å². The molecule has 214 valence electrons. The van der Waals surface area contributed by atoms with Gasteiger partial charge in [0.25, 0.3) is 0 Å². The molecule has 0 aromatic heterocycles. The summed E-state index contributed by atoms with van der Waals surface area (Å²) in [5.41, 5.74) is 13.3. The van der Waals surface area contributed by atoms with E-state index >= 15 is 0 Å². The maximum Gasteiger partial charge on any atom is 0.226 e. The first-order valence-electron chi connectivity index (χ1n) is 13.7. The van der Waals surface area contributed by atoms with Gasteiger partial charge in [0.15, 0.2) is 0 Å². The number of unbranched alkanes of at least 4 members (excludes halogenated alkanes) is 2. The second-order valence-corrected chi connectivity index (χ2v) is 12.8. The molecule has 0 aliphatic carbocycles. The average Bonchev–Trinajstić information content (AvgIpc) is 2.77. The smallest absolute Gasteiger partial charge is 0.226 e. The number of carbonyl (C=O) groups is 3. The number of nitrogens with two attached hydrogens (primary N) is 1. The van der Waals surface area contributed by atoms with Gasteiger partial charge in [-0.1, -0.05) is 60.0 Å². The molecule has 5 N–H and O–H groups in total. The van der Waals surface area contributed by atoms with Crippen LogP contribution < -0.4 is 21.7 Å². The van der Waals surface area contributed by atoms with Crippen LogP contribution in [0.2, 0.25) is 0 Å². The summed E-state index contributed by atoms with van der Waals surface area (Å²) in [5, 5.41) is 12.0. The third-order valence-electron chi connectivity index (χ3n) is 6.16. The molecule has 2 atom stereocenters. The lowest BCUT2D eigenvalue weighted by Gasteiger charge is -2.35. The zero-order valence-electron chi connectivity index (χ0n) is 24.4. The Kier molecular flexibility index (Phi) is 16.2. The number of hydrogen-bond acceptors (Lipinski definition) is 5. The van der Waals surface area contributed by atoms with Crippen LogP contribution in [0.5, 0.6) is 0 Å². The van der Waals surface area contributed by atoms with E-state index in [4.69, 9.17) is 11.3 Å². The topological polar surface area (TPSA) is 162 Å². The third kappa shape index (κ3) is 17.7. The highest BCUT2D eigenvalue weighted by Gasteiger charge is 2.37. The second-order valence-electron chi connectivity index (χ2n) is 12.8. The van der Waals surface area contributed by atoms with E-state index in [1.165, 1.54) is 0 Å². The summed E-state index contributed by atoms with van der Waals surface area (Å²) in [6, 6.07) is 0. The predicted molar refractivity (Wildman–Crippen MR) is 150 cm³/mol. The van der Waals surface area contributed by atoms with Crippen molar-refractivity contribution in [2.45, 2.75) is 99.8 Å². The highest BCUT2D eigenvalue weighted by Crippen LogP contribution is 2.39. The minimum Gasteiger partial charge on any atom is -0.356 e. The molecule has 0 saturated carbocycles. The van der Waals surface area contributed by atoms with E-state index in [1.54, 1.807) is 0 Å². The minimum absolute atomic E-state index is 0.00434. The highest BCUT2D eigenvalue weighted by atomic mass is 16.2. The quantitative estimate of drug-likeness (QED) is 0.0904. The SMILES string of the molecule is CC(C)(C)CC(CCCC(C)(CC(C)(C)C)C(=O)NCCN)C(=O)NCCCCCNC(=O)CN=[N+]=[N-]. The number of rotatable bonds is 18. The molecule has 0 heterocycles. The van der Waals surface area contributed by atoms with E-state index in [9.17, 15) is 14.4 Å². The molecule has 10 nitrogen and oxygen atoms in total. The third-order valence-corrected chi connectivity index (χ3v) is 6.16. The highest BCUT2D eigenvalue weighted by molar-refractivity contribution is 5.82. The minimum atomic E-state index is -0.507.